The van der Waals surface area contributed by atoms with Crippen LogP contribution in [0.5, 0.6) is 5.75 Å². The van der Waals surface area contributed by atoms with Crippen molar-refractivity contribution < 1.29 is 23.5 Å². The molecule has 6 nitrogen and oxygen atoms in total. The molecule has 0 saturated carbocycles. The van der Waals surface area contributed by atoms with E-state index in [-0.39, 0.29) is 17.7 Å². The molecule has 0 radical (unpaired) electrons. The zero-order valence-corrected chi connectivity index (χ0v) is 14.4. The topological polar surface area (TPSA) is 69.0 Å². The fraction of sp³-hybridized carbons (Fsp3) is 0.143. The molecule has 1 aromatic heterocycles. The van der Waals surface area contributed by atoms with Crippen LogP contribution in [0.1, 0.15) is 22.2 Å². The van der Waals surface area contributed by atoms with Gasteiger partial charge in [0.05, 0.1) is 18.0 Å². The number of rotatable bonds is 4. The smallest absolute Gasteiger partial charge is 0.374 e. The summed E-state index contributed by atoms with van der Waals surface area (Å²) in [6.45, 7) is -0.0733. The molecule has 6 heteroatoms. The second-order valence-electron chi connectivity index (χ2n) is 6.02. The minimum atomic E-state index is -0.675. The van der Waals surface area contributed by atoms with E-state index in [1.165, 1.54) is 12.3 Å². The monoisotopic (exact) mass is 363 g/mol. The van der Waals surface area contributed by atoms with Gasteiger partial charge in [0.2, 0.25) is 5.76 Å². The lowest BCUT2D eigenvalue weighted by Gasteiger charge is -2.37. The lowest BCUT2D eigenvalue weighted by molar-refractivity contribution is -0.122. The average Bonchev–Trinajstić information content (AvgIpc) is 3.26. The highest BCUT2D eigenvalue weighted by molar-refractivity contribution is 5.98. The summed E-state index contributed by atoms with van der Waals surface area (Å²) in [5, 5.41) is 0. The van der Waals surface area contributed by atoms with Gasteiger partial charge in [-0.05, 0) is 29.8 Å². The first-order valence-electron chi connectivity index (χ1n) is 8.53. The highest BCUT2D eigenvalue weighted by Crippen LogP contribution is 2.39. The third kappa shape index (κ3) is 3.42. The summed E-state index contributed by atoms with van der Waals surface area (Å²) in [7, 11) is 0. The SMILES string of the molecule is O=C(OCC(=O)N1c2ccccc2OC[C@H]1c1ccccc1)c1ccco1. The molecule has 0 saturated heterocycles. The van der Waals surface area contributed by atoms with Crippen molar-refractivity contribution in [3.05, 3.63) is 84.3 Å². The Bertz CT molecular complexity index is 936. The molecule has 1 aliphatic heterocycles. The molecular weight excluding hydrogens is 346 g/mol. The van der Waals surface area contributed by atoms with E-state index < -0.39 is 12.6 Å². The standard InChI is InChI=1S/C21H17NO5/c23-20(14-27-21(24)19-11-6-12-25-19)22-16-9-4-5-10-18(16)26-13-17(22)15-7-2-1-3-8-15/h1-12,17H,13-14H2/t17-/m0/s1. The summed E-state index contributed by atoms with van der Waals surface area (Å²) >= 11 is 0. The van der Waals surface area contributed by atoms with Gasteiger partial charge >= 0.3 is 5.97 Å². The van der Waals surface area contributed by atoms with E-state index in [4.69, 9.17) is 13.9 Å². The summed E-state index contributed by atoms with van der Waals surface area (Å²) in [5.41, 5.74) is 1.59. The van der Waals surface area contributed by atoms with Gasteiger partial charge in [-0.1, -0.05) is 42.5 Å². The van der Waals surface area contributed by atoms with Crippen molar-refractivity contribution in [2.24, 2.45) is 0 Å². The number of benzene rings is 2. The number of ether oxygens (including phenoxy) is 2. The summed E-state index contributed by atoms with van der Waals surface area (Å²) in [6.07, 6.45) is 1.38. The molecule has 2 aromatic carbocycles. The molecular formula is C21H17NO5. The van der Waals surface area contributed by atoms with Gasteiger partial charge in [0, 0.05) is 0 Å². The summed E-state index contributed by atoms with van der Waals surface area (Å²) in [4.78, 5) is 26.6. The van der Waals surface area contributed by atoms with E-state index >= 15 is 0 Å². The fourth-order valence-electron chi connectivity index (χ4n) is 3.08. The van der Waals surface area contributed by atoms with Crippen LogP contribution in [0.3, 0.4) is 0 Å². The Morgan fingerprint density at radius 2 is 1.78 bits per heavy atom. The lowest BCUT2D eigenvalue weighted by atomic mass is 10.0. The molecule has 1 aliphatic rings. The van der Waals surface area contributed by atoms with Gasteiger partial charge in [-0.3, -0.25) is 9.69 Å². The number of esters is 1. The van der Waals surface area contributed by atoms with Gasteiger partial charge in [0.25, 0.3) is 5.91 Å². The second kappa shape index (κ2) is 7.37. The van der Waals surface area contributed by atoms with Gasteiger partial charge in [-0.15, -0.1) is 0 Å². The third-order valence-electron chi connectivity index (χ3n) is 4.34. The van der Waals surface area contributed by atoms with Gasteiger partial charge in [-0.2, -0.15) is 0 Å². The van der Waals surface area contributed by atoms with Gasteiger partial charge in [0.1, 0.15) is 12.4 Å². The van der Waals surface area contributed by atoms with Crippen LogP contribution in [-0.2, 0) is 9.53 Å². The number of hydrogen-bond acceptors (Lipinski definition) is 5. The Labute approximate surface area is 155 Å². The highest BCUT2D eigenvalue weighted by Gasteiger charge is 2.33. The van der Waals surface area contributed by atoms with Crippen molar-refractivity contribution in [2.75, 3.05) is 18.1 Å². The largest absolute Gasteiger partial charge is 0.489 e. The van der Waals surface area contributed by atoms with E-state index in [2.05, 4.69) is 0 Å². The van der Waals surface area contributed by atoms with Crippen LogP contribution in [0.15, 0.2) is 77.4 Å². The number of fused-ring (bicyclic) bond motifs is 1. The molecule has 0 unspecified atom stereocenters. The Balaban J connectivity index is 1.59. The minimum absolute atomic E-state index is 0.0600. The van der Waals surface area contributed by atoms with Crippen molar-refractivity contribution in [2.45, 2.75) is 6.04 Å². The first-order valence-corrected chi connectivity index (χ1v) is 8.53. The average molecular weight is 363 g/mol. The molecule has 3 aromatic rings. The minimum Gasteiger partial charge on any atom is -0.489 e. The van der Waals surface area contributed by atoms with Crippen molar-refractivity contribution in [3.63, 3.8) is 0 Å². The number of para-hydroxylation sites is 2. The highest BCUT2D eigenvalue weighted by atomic mass is 16.5. The van der Waals surface area contributed by atoms with Crippen molar-refractivity contribution in [3.8, 4) is 5.75 Å². The van der Waals surface area contributed by atoms with E-state index in [0.29, 0.717) is 18.0 Å². The Morgan fingerprint density at radius 3 is 2.56 bits per heavy atom. The first-order chi connectivity index (χ1) is 13.2. The summed E-state index contributed by atoms with van der Waals surface area (Å²) in [6, 6.07) is 19.7. The van der Waals surface area contributed by atoms with Crippen molar-refractivity contribution in [1.82, 2.24) is 0 Å². The number of carbonyl (C=O) groups excluding carboxylic acids is 2. The molecule has 1 atom stereocenters. The Morgan fingerprint density at radius 1 is 1.00 bits per heavy atom. The molecule has 0 spiro atoms. The number of furan rings is 1. The maximum absolute atomic E-state index is 13.0. The number of anilines is 1. The van der Waals surface area contributed by atoms with Crippen LogP contribution in [0.4, 0.5) is 5.69 Å². The van der Waals surface area contributed by atoms with Crippen LogP contribution in [0, 0.1) is 0 Å². The molecule has 0 bridgehead atoms. The predicted octanol–water partition coefficient (Wildman–Crippen LogP) is 3.60. The molecule has 2 heterocycles. The Hall–Kier alpha value is -3.54. The predicted molar refractivity (Wildman–Crippen MR) is 97.6 cm³/mol. The number of hydrogen-bond donors (Lipinski definition) is 0. The van der Waals surface area contributed by atoms with E-state index in [1.807, 2.05) is 54.6 Å². The maximum atomic E-state index is 13.0. The molecule has 27 heavy (non-hydrogen) atoms. The molecule has 0 N–H and O–H groups in total. The first kappa shape index (κ1) is 16.9. The quantitative estimate of drug-likeness (QED) is 0.663. The summed E-state index contributed by atoms with van der Waals surface area (Å²) in [5.74, 6) is -0.328. The molecule has 1 amide bonds. The fourth-order valence-corrected chi connectivity index (χ4v) is 3.08. The number of amides is 1. The van der Waals surface area contributed by atoms with Crippen LogP contribution in [0.25, 0.3) is 0 Å². The maximum Gasteiger partial charge on any atom is 0.374 e. The van der Waals surface area contributed by atoms with Crippen molar-refractivity contribution in [1.29, 1.82) is 0 Å². The molecule has 0 aliphatic carbocycles. The normalized spacial score (nSPS) is 15.6. The Kier molecular flexibility index (Phi) is 4.61. The zero-order chi connectivity index (χ0) is 18.6. The zero-order valence-electron chi connectivity index (χ0n) is 14.4. The van der Waals surface area contributed by atoms with Crippen molar-refractivity contribution >= 4 is 17.6 Å². The number of carbonyl (C=O) groups is 2. The van der Waals surface area contributed by atoms with Crippen LogP contribution < -0.4 is 9.64 Å². The van der Waals surface area contributed by atoms with E-state index in [9.17, 15) is 9.59 Å². The van der Waals surface area contributed by atoms with E-state index in [0.717, 1.165) is 5.56 Å². The van der Waals surface area contributed by atoms with Gasteiger partial charge in [-0.25, -0.2) is 4.79 Å². The van der Waals surface area contributed by atoms with Crippen LogP contribution >= 0.6 is 0 Å². The summed E-state index contributed by atoms with van der Waals surface area (Å²) < 4.78 is 16.0. The van der Waals surface area contributed by atoms with Crippen LogP contribution in [-0.4, -0.2) is 25.1 Å². The number of nitrogens with zero attached hydrogens (tertiary/aromatic N) is 1. The molecule has 0 fully saturated rings. The second-order valence-corrected chi connectivity index (χ2v) is 6.02. The van der Waals surface area contributed by atoms with E-state index in [1.54, 1.807) is 11.0 Å². The van der Waals surface area contributed by atoms with Crippen LogP contribution in [0.2, 0.25) is 0 Å². The van der Waals surface area contributed by atoms with Gasteiger partial charge < -0.3 is 13.9 Å². The molecule has 136 valence electrons. The lowest BCUT2D eigenvalue weighted by Crippen LogP contribution is -2.43. The molecule has 4 rings (SSSR count). The third-order valence-corrected chi connectivity index (χ3v) is 4.34. The van der Waals surface area contributed by atoms with Gasteiger partial charge in [0.15, 0.2) is 6.61 Å².